The molecule has 20 heavy (non-hydrogen) atoms. The summed E-state index contributed by atoms with van der Waals surface area (Å²) in [4.78, 5) is 11.1. The van der Waals surface area contributed by atoms with Crippen molar-refractivity contribution in [2.24, 2.45) is 4.99 Å². The summed E-state index contributed by atoms with van der Waals surface area (Å²) in [6.45, 7) is 4.92. The van der Waals surface area contributed by atoms with Gasteiger partial charge < -0.3 is 4.90 Å². The van der Waals surface area contributed by atoms with E-state index in [0.29, 0.717) is 12.7 Å². The van der Waals surface area contributed by atoms with Crippen molar-refractivity contribution >= 4 is 11.9 Å². The number of pyridine rings is 1. The van der Waals surface area contributed by atoms with Crippen molar-refractivity contribution in [3.63, 3.8) is 0 Å². The summed E-state index contributed by atoms with van der Waals surface area (Å²) in [5.41, 5.74) is 3.46. The van der Waals surface area contributed by atoms with Gasteiger partial charge in [0.25, 0.3) is 0 Å². The van der Waals surface area contributed by atoms with E-state index in [1.807, 2.05) is 18.2 Å². The maximum absolute atomic E-state index is 13.3. The average molecular weight is 269 g/mol. The Kier molecular flexibility index (Phi) is 3.22. The highest BCUT2D eigenvalue weighted by atomic mass is 19.1. The molecular formula is C16H16FN3. The van der Waals surface area contributed by atoms with Gasteiger partial charge in [-0.15, -0.1) is 0 Å². The van der Waals surface area contributed by atoms with Crippen LogP contribution in [0.5, 0.6) is 0 Å². The number of benzene rings is 1. The molecule has 0 saturated carbocycles. The van der Waals surface area contributed by atoms with Crippen LogP contribution in [0.1, 0.15) is 19.5 Å². The lowest BCUT2D eigenvalue weighted by atomic mass is 10.1. The lowest BCUT2D eigenvalue weighted by molar-refractivity contribution is 0.628. The Labute approximate surface area is 117 Å². The van der Waals surface area contributed by atoms with Crippen LogP contribution in [0.4, 0.5) is 10.1 Å². The third kappa shape index (κ3) is 2.29. The molecule has 0 bridgehead atoms. The predicted octanol–water partition coefficient (Wildman–Crippen LogP) is 3.49. The van der Waals surface area contributed by atoms with Crippen LogP contribution in [-0.2, 0) is 0 Å². The summed E-state index contributed by atoms with van der Waals surface area (Å²) < 4.78 is 13.3. The highest BCUT2D eigenvalue weighted by Gasteiger charge is 2.18. The molecule has 0 radical (unpaired) electrons. The molecule has 0 N–H and O–H groups in total. The Morgan fingerprint density at radius 1 is 1.20 bits per heavy atom. The Balaban J connectivity index is 2.04. The van der Waals surface area contributed by atoms with E-state index in [-0.39, 0.29) is 5.82 Å². The molecule has 1 aromatic heterocycles. The van der Waals surface area contributed by atoms with Crippen LogP contribution < -0.4 is 4.90 Å². The third-order valence-electron chi connectivity index (χ3n) is 3.40. The lowest BCUT2D eigenvalue weighted by Gasteiger charge is -2.30. The molecule has 1 aromatic carbocycles. The van der Waals surface area contributed by atoms with Crippen LogP contribution in [0.2, 0.25) is 0 Å². The first-order chi connectivity index (χ1) is 9.65. The van der Waals surface area contributed by atoms with Crippen LogP contribution in [0.3, 0.4) is 0 Å². The standard InChI is InChI=1S/C16H16FN3/c1-11(2)20-10-18-9-15-16(20)7-6-14(19-15)12-4-3-5-13(17)8-12/h3-9,11H,10H2,1-2H3. The van der Waals surface area contributed by atoms with Crippen molar-refractivity contribution in [1.29, 1.82) is 0 Å². The molecule has 102 valence electrons. The van der Waals surface area contributed by atoms with E-state index in [4.69, 9.17) is 0 Å². The van der Waals surface area contributed by atoms with Gasteiger partial charge in [-0.25, -0.2) is 9.37 Å². The fourth-order valence-electron chi connectivity index (χ4n) is 2.35. The van der Waals surface area contributed by atoms with Gasteiger partial charge in [0.05, 0.1) is 17.6 Å². The molecule has 4 heteroatoms. The second kappa shape index (κ2) is 5.04. The first kappa shape index (κ1) is 12.8. The van der Waals surface area contributed by atoms with Gasteiger partial charge in [0, 0.05) is 11.6 Å². The van der Waals surface area contributed by atoms with Gasteiger partial charge in [-0.3, -0.25) is 4.99 Å². The molecule has 0 aliphatic carbocycles. The summed E-state index contributed by atoms with van der Waals surface area (Å²) >= 11 is 0. The molecule has 0 spiro atoms. The van der Waals surface area contributed by atoms with E-state index in [2.05, 4.69) is 28.7 Å². The van der Waals surface area contributed by atoms with Gasteiger partial charge in [-0.1, -0.05) is 12.1 Å². The van der Waals surface area contributed by atoms with Crippen molar-refractivity contribution in [1.82, 2.24) is 4.98 Å². The number of hydrogen-bond donors (Lipinski definition) is 0. The quantitative estimate of drug-likeness (QED) is 0.835. The van der Waals surface area contributed by atoms with Crippen molar-refractivity contribution in [2.45, 2.75) is 19.9 Å². The smallest absolute Gasteiger partial charge is 0.123 e. The average Bonchev–Trinajstić information content (AvgIpc) is 2.46. The molecule has 1 aliphatic heterocycles. The molecule has 1 aliphatic rings. The molecule has 0 saturated heterocycles. The molecule has 0 fully saturated rings. The van der Waals surface area contributed by atoms with E-state index < -0.39 is 0 Å². The highest BCUT2D eigenvalue weighted by Crippen LogP contribution is 2.27. The van der Waals surface area contributed by atoms with Gasteiger partial charge in [-0.05, 0) is 38.1 Å². The second-order valence-corrected chi connectivity index (χ2v) is 5.13. The number of nitrogens with zero attached hydrogens (tertiary/aromatic N) is 3. The van der Waals surface area contributed by atoms with Crippen molar-refractivity contribution in [2.75, 3.05) is 11.6 Å². The zero-order chi connectivity index (χ0) is 14.1. The number of fused-ring (bicyclic) bond motifs is 1. The number of rotatable bonds is 2. The van der Waals surface area contributed by atoms with E-state index in [1.165, 1.54) is 12.1 Å². The minimum absolute atomic E-state index is 0.250. The summed E-state index contributed by atoms with van der Waals surface area (Å²) in [5, 5.41) is 0. The number of aliphatic imine (C=N–C) groups is 1. The largest absolute Gasteiger partial charge is 0.348 e. The van der Waals surface area contributed by atoms with Crippen molar-refractivity contribution in [3.8, 4) is 11.3 Å². The fraction of sp³-hybridized carbons (Fsp3) is 0.250. The molecule has 0 unspecified atom stereocenters. The SMILES string of the molecule is CC(C)N1CN=Cc2nc(-c3cccc(F)c3)ccc21. The summed E-state index contributed by atoms with van der Waals surface area (Å²) in [5.74, 6) is -0.250. The maximum Gasteiger partial charge on any atom is 0.123 e. The molecule has 2 heterocycles. The van der Waals surface area contributed by atoms with Crippen molar-refractivity contribution < 1.29 is 4.39 Å². The summed E-state index contributed by atoms with van der Waals surface area (Å²) in [6, 6.07) is 10.8. The van der Waals surface area contributed by atoms with Gasteiger partial charge in [0.1, 0.15) is 18.2 Å². The van der Waals surface area contributed by atoms with Gasteiger partial charge in [0.2, 0.25) is 0 Å². The van der Waals surface area contributed by atoms with Crippen LogP contribution in [0.15, 0.2) is 41.4 Å². The molecule has 2 aromatic rings. The highest BCUT2D eigenvalue weighted by molar-refractivity contribution is 5.88. The molecule has 0 atom stereocenters. The Hall–Kier alpha value is -2.23. The van der Waals surface area contributed by atoms with E-state index in [1.54, 1.807) is 12.3 Å². The zero-order valence-corrected chi connectivity index (χ0v) is 11.5. The van der Waals surface area contributed by atoms with Gasteiger partial charge >= 0.3 is 0 Å². The van der Waals surface area contributed by atoms with E-state index >= 15 is 0 Å². The summed E-state index contributed by atoms with van der Waals surface area (Å²) in [6.07, 6.45) is 1.79. The van der Waals surface area contributed by atoms with E-state index in [0.717, 1.165) is 22.6 Å². The van der Waals surface area contributed by atoms with Crippen LogP contribution in [0, 0.1) is 5.82 Å². The van der Waals surface area contributed by atoms with Crippen molar-refractivity contribution in [3.05, 3.63) is 47.9 Å². The minimum Gasteiger partial charge on any atom is -0.348 e. The van der Waals surface area contributed by atoms with Crippen LogP contribution in [-0.4, -0.2) is 23.9 Å². The Morgan fingerprint density at radius 3 is 2.80 bits per heavy atom. The number of aromatic nitrogens is 1. The zero-order valence-electron chi connectivity index (χ0n) is 11.5. The minimum atomic E-state index is -0.250. The first-order valence-electron chi connectivity index (χ1n) is 6.68. The number of hydrogen-bond acceptors (Lipinski definition) is 3. The van der Waals surface area contributed by atoms with Gasteiger partial charge in [0.15, 0.2) is 0 Å². The van der Waals surface area contributed by atoms with E-state index in [9.17, 15) is 4.39 Å². The predicted molar refractivity (Wildman–Crippen MR) is 79.7 cm³/mol. The topological polar surface area (TPSA) is 28.5 Å². The number of halogens is 1. The fourth-order valence-corrected chi connectivity index (χ4v) is 2.35. The molecule has 3 nitrogen and oxygen atoms in total. The first-order valence-corrected chi connectivity index (χ1v) is 6.68. The van der Waals surface area contributed by atoms with Gasteiger partial charge in [-0.2, -0.15) is 0 Å². The van der Waals surface area contributed by atoms with Crippen LogP contribution in [0.25, 0.3) is 11.3 Å². The molecule has 0 amide bonds. The summed E-state index contributed by atoms with van der Waals surface area (Å²) in [7, 11) is 0. The normalized spacial score (nSPS) is 13.7. The maximum atomic E-state index is 13.3. The number of anilines is 1. The Bertz CT molecular complexity index is 665. The molecule has 3 rings (SSSR count). The third-order valence-corrected chi connectivity index (χ3v) is 3.40. The monoisotopic (exact) mass is 269 g/mol. The lowest BCUT2D eigenvalue weighted by Crippen LogP contribution is -2.34. The molecular weight excluding hydrogens is 253 g/mol. The van der Waals surface area contributed by atoms with Crippen LogP contribution >= 0.6 is 0 Å². The second-order valence-electron chi connectivity index (χ2n) is 5.13. The Morgan fingerprint density at radius 2 is 2.05 bits per heavy atom.